The van der Waals surface area contributed by atoms with Crippen molar-refractivity contribution < 1.29 is 42.9 Å². The highest BCUT2D eigenvalue weighted by molar-refractivity contribution is 8.13. The van der Waals surface area contributed by atoms with Crippen LogP contribution in [0.25, 0.3) is 0 Å². The maximum absolute atomic E-state index is 12.5. The smallest absolute Gasteiger partial charge is 0.323 e. The van der Waals surface area contributed by atoms with Gasteiger partial charge in [-0.1, -0.05) is 17.8 Å². The van der Waals surface area contributed by atoms with E-state index in [0.717, 1.165) is 18.7 Å². The SMILES string of the molecule is COC(=O)[C@@H](N)CSC(=O)C(Cc1ccc(OC(C)=O)c(OC(C)=O)c1)OC(C)=O. The van der Waals surface area contributed by atoms with E-state index in [2.05, 4.69) is 4.74 Å². The topological polar surface area (TPSA) is 148 Å². The molecule has 1 aromatic carbocycles. The number of esters is 4. The molecule has 0 radical (unpaired) electrons. The zero-order chi connectivity index (χ0) is 22.8. The first-order valence-electron chi connectivity index (χ1n) is 8.70. The molecular formula is C19H23NO9S. The molecule has 0 fully saturated rings. The molecule has 164 valence electrons. The number of ether oxygens (including phenoxy) is 4. The summed E-state index contributed by atoms with van der Waals surface area (Å²) >= 11 is 0.727. The highest BCUT2D eigenvalue weighted by Crippen LogP contribution is 2.30. The maximum atomic E-state index is 12.5. The summed E-state index contributed by atoms with van der Waals surface area (Å²) in [5.41, 5.74) is 6.08. The van der Waals surface area contributed by atoms with Crippen molar-refractivity contribution in [1.29, 1.82) is 0 Å². The first-order valence-corrected chi connectivity index (χ1v) is 9.69. The number of methoxy groups -OCH3 is 1. The summed E-state index contributed by atoms with van der Waals surface area (Å²) in [6.07, 6.45) is -1.23. The summed E-state index contributed by atoms with van der Waals surface area (Å²) in [5.74, 6) is -2.66. The first-order chi connectivity index (χ1) is 14.0. The zero-order valence-electron chi connectivity index (χ0n) is 17.0. The number of nitrogens with two attached hydrogens (primary N) is 1. The highest BCUT2D eigenvalue weighted by atomic mass is 32.2. The summed E-state index contributed by atoms with van der Waals surface area (Å²) < 4.78 is 19.6. The Balaban J connectivity index is 3.01. The normalized spacial score (nSPS) is 12.3. The van der Waals surface area contributed by atoms with Crippen molar-refractivity contribution in [2.24, 2.45) is 5.73 Å². The molecule has 2 N–H and O–H groups in total. The van der Waals surface area contributed by atoms with Gasteiger partial charge in [0.15, 0.2) is 17.6 Å². The number of hydrogen-bond donors (Lipinski definition) is 1. The number of rotatable bonds is 9. The molecule has 0 spiro atoms. The van der Waals surface area contributed by atoms with Gasteiger partial charge >= 0.3 is 23.9 Å². The van der Waals surface area contributed by atoms with E-state index in [9.17, 15) is 24.0 Å². The quantitative estimate of drug-likeness (QED) is 0.428. The Kier molecular flexibility index (Phi) is 9.99. The lowest BCUT2D eigenvalue weighted by molar-refractivity contribution is -0.150. The van der Waals surface area contributed by atoms with Gasteiger partial charge in [-0.2, -0.15) is 0 Å². The molecule has 11 heteroatoms. The second-order valence-corrected chi connectivity index (χ2v) is 7.05. The molecule has 0 saturated heterocycles. The fourth-order valence-electron chi connectivity index (χ4n) is 2.23. The van der Waals surface area contributed by atoms with Crippen LogP contribution < -0.4 is 15.2 Å². The Bertz CT molecular complexity index is 824. The van der Waals surface area contributed by atoms with E-state index < -0.39 is 41.1 Å². The molecule has 0 amide bonds. The number of carbonyl (C=O) groups is 5. The average Bonchev–Trinajstić information content (AvgIpc) is 2.65. The fraction of sp³-hybridized carbons (Fsp3) is 0.421. The van der Waals surface area contributed by atoms with Crippen LogP contribution in [0.1, 0.15) is 26.3 Å². The van der Waals surface area contributed by atoms with E-state index in [0.29, 0.717) is 5.56 Å². The minimum atomic E-state index is -1.18. The molecule has 0 saturated carbocycles. The Labute approximate surface area is 177 Å². The van der Waals surface area contributed by atoms with E-state index >= 15 is 0 Å². The Morgan fingerprint density at radius 1 is 0.967 bits per heavy atom. The van der Waals surface area contributed by atoms with E-state index in [1.165, 1.54) is 39.2 Å². The molecule has 0 aliphatic heterocycles. The van der Waals surface area contributed by atoms with Crippen LogP contribution in [0.3, 0.4) is 0 Å². The summed E-state index contributed by atoms with van der Waals surface area (Å²) in [6.45, 7) is 3.52. The molecule has 1 aromatic rings. The minimum Gasteiger partial charge on any atom is -0.468 e. The lowest BCUT2D eigenvalue weighted by Crippen LogP contribution is -2.35. The fourth-order valence-corrected chi connectivity index (χ4v) is 3.02. The van der Waals surface area contributed by atoms with Crippen molar-refractivity contribution in [3.8, 4) is 11.5 Å². The third-order valence-corrected chi connectivity index (χ3v) is 4.49. The second kappa shape index (κ2) is 11.9. The van der Waals surface area contributed by atoms with Gasteiger partial charge in [0, 0.05) is 32.9 Å². The minimum absolute atomic E-state index is 0.0234. The molecule has 0 aliphatic rings. The van der Waals surface area contributed by atoms with Crippen LogP contribution in [-0.4, -0.2) is 54.0 Å². The largest absolute Gasteiger partial charge is 0.468 e. The maximum Gasteiger partial charge on any atom is 0.323 e. The third-order valence-electron chi connectivity index (χ3n) is 3.42. The molecular weight excluding hydrogens is 418 g/mol. The van der Waals surface area contributed by atoms with Crippen molar-refractivity contribution in [2.75, 3.05) is 12.9 Å². The van der Waals surface area contributed by atoms with Gasteiger partial charge in [-0.25, -0.2) is 0 Å². The molecule has 30 heavy (non-hydrogen) atoms. The van der Waals surface area contributed by atoms with Crippen LogP contribution >= 0.6 is 11.8 Å². The summed E-state index contributed by atoms with van der Waals surface area (Å²) in [7, 11) is 1.18. The molecule has 0 aromatic heterocycles. The Morgan fingerprint density at radius 3 is 2.10 bits per heavy atom. The van der Waals surface area contributed by atoms with Crippen LogP contribution in [0.4, 0.5) is 0 Å². The van der Waals surface area contributed by atoms with Gasteiger partial charge < -0.3 is 24.7 Å². The monoisotopic (exact) mass is 441 g/mol. The lowest BCUT2D eigenvalue weighted by Gasteiger charge is -2.17. The number of hydrogen-bond acceptors (Lipinski definition) is 11. The molecule has 1 rings (SSSR count). The number of thioether (sulfide) groups is 1. The molecule has 0 aliphatic carbocycles. The van der Waals surface area contributed by atoms with E-state index in [-0.39, 0.29) is 23.7 Å². The van der Waals surface area contributed by atoms with Crippen molar-refractivity contribution >= 4 is 40.8 Å². The molecule has 0 heterocycles. The predicted octanol–water partition coefficient (Wildman–Crippen LogP) is 0.771. The summed E-state index contributed by atoms with van der Waals surface area (Å²) in [4.78, 5) is 57.8. The predicted molar refractivity (Wildman–Crippen MR) is 106 cm³/mol. The van der Waals surface area contributed by atoms with Crippen molar-refractivity contribution in [3.05, 3.63) is 23.8 Å². The van der Waals surface area contributed by atoms with E-state index in [1.54, 1.807) is 0 Å². The van der Waals surface area contributed by atoms with Gasteiger partial charge in [0.1, 0.15) is 6.04 Å². The highest BCUT2D eigenvalue weighted by Gasteiger charge is 2.26. The van der Waals surface area contributed by atoms with Crippen LogP contribution in [0, 0.1) is 0 Å². The van der Waals surface area contributed by atoms with Crippen molar-refractivity contribution in [1.82, 2.24) is 0 Å². The third kappa shape index (κ3) is 8.62. The average molecular weight is 441 g/mol. The first kappa shape index (κ1) is 25.1. The van der Waals surface area contributed by atoms with Gasteiger partial charge in [-0.15, -0.1) is 0 Å². The standard InChI is InChI=1S/C19H23NO9S/c1-10(21)27-15-6-5-13(7-16(15)28-11(2)22)8-17(29-12(3)23)19(25)30-9-14(20)18(24)26-4/h5-7,14,17H,8-9,20H2,1-4H3/t14-,17?/m0/s1. The van der Waals surface area contributed by atoms with Crippen LogP contribution in [0.15, 0.2) is 18.2 Å². The number of carbonyl (C=O) groups excluding carboxylic acids is 5. The van der Waals surface area contributed by atoms with Crippen LogP contribution in [0.2, 0.25) is 0 Å². The number of benzene rings is 1. The van der Waals surface area contributed by atoms with Gasteiger partial charge in [-0.3, -0.25) is 24.0 Å². The van der Waals surface area contributed by atoms with Gasteiger partial charge in [-0.05, 0) is 17.7 Å². The van der Waals surface area contributed by atoms with Gasteiger partial charge in [0.25, 0.3) is 0 Å². The molecule has 1 unspecified atom stereocenters. The zero-order valence-corrected chi connectivity index (χ0v) is 17.8. The summed E-state index contributed by atoms with van der Waals surface area (Å²) in [6, 6.07) is 3.30. The lowest BCUT2D eigenvalue weighted by atomic mass is 10.1. The molecule has 10 nitrogen and oxygen atoms in total. The van der Waals surface area contributed by atoms with Crippen LogP contribution in [0.5, 0.6) is 11.5 Å². The Morgan fingerprint density at radius 2 is 1.57 bits per heavy atom. The Hall–Kier alpha value is -2.92. The van der Waals surface area contributed by atoms with E-state index in [1.807, 2.05) is 0 Å². The summed E-state index contributed by atoms with van der Waals surface area (Å²) in [5, 5.41) is -0.525. The van der Waals surface area contributed by atoms with Gasteiger partial charge in [0.2, 0.25) is 5.12 Å². The van der Waals surface area contributed by atoms with Crippen molar-refractivity contribution in [2.45, 2.75) is 39.3 Å². The van der Waals surface area contributed by atoms with Crippen LogP contribution in [-0.2, 0) is 39.9 Å². The second-order valence-electron chi connectivity index (χ2n) is 6.03. The van der Waals surface area contributed by atoms with Gasteiger partial charge in [0.05, 0.1) is 7.11 Å². The van der Waals surface area contributed by atoms with Crippen molar-refractivity contribution in [3.63, 3.8) is 0 Å². The van der Waals surface area contributed by atoms with E-state index in [4.69, 9.17) is 19.9 Å². The molecule has 2 atom stereocenters. The molecule has 0 bridgehead atoms.